The van der Waals surface area contributed by atoms with Gasteiger partial charge in [-0.05, 0) is 38.5 Å². The van der Waals surface area contributed by atoms with Crippen molar-refractivity contribution in [3.05, 3.63) is 24.3 Å². The Labute approximate surface area is 396 Å². The summed E-state index contributed by atoms with van der Waals surface area (Å²) in [6.45, 7) is 4.76. The van der Waals surface area contributed by atoms with E-state index in [4.69, 9.17) is 14.2 Å². The van der Waals surface area contributed by atoms with E-state index in [1.165, 1.54) is 193 Å². The summed E-state index contributed by atoms with van der Waals surface area (Å²) in [5, 5.41) is 9.67. The van der Waals surface area contributed by atoms with Crippen LogP contribution in [0.3, 0.4) is 0 Å². The first-order valence-corrected chi connectivity index (χ1v) is 27.4. The molecule has 0 aromatic rings. The predicted molar refractivity (Wildman–Crippen MR) is 271 cm³/mol. The number of carbonyl (C=O) groups is 3. The molecule has 64 heavy (non-hydrogen) atoms. The fourth-order valence-electron chi connectivity index (χ4n) is 8.38. The molecule has 0 bridgehead atoms. The minimum atomic E-state index is -0.871. The maximum Gasteiger partial charge on any atom is 0.362 e. The number of aliphatic carboxylic acids is 1. The summed E-state index contributed by atoms with van der Waals surface area (Å²) in [6.07, 6.45) is 55.1. The van der Waals surface area contributed by atoms with Crippen LogP contribution in [0.5, 0.6) is 0 Å². The van der Waals surface area contributed by atoms with E-state index < -0.39 is 18.1 Å². The lowest BCUT2D eigenvalue weighted by molar-refractivity contribution is -0.887. The molecule has 2 unspecified atom stereocenters. The summed E-state index contributed by atoms with van der Waals surface area (Å²) in [5.41, 5.74) is 0. The summed E-state index contributed by atoms with van der Waals surface area (Å²) >= 11 is 0. The maximum atomic E-state index is 12.8. The van der Waals surface area contributed by atoms with Gasteiger partial charge >= 0.3 is 17.9 Å². The number of nitrogens with zero attached hydrogens (tertiary/aromatic N) is 1. The second-order valence-electron chi connectivity index (χ2n) is 19.9. The van der Waals surface area contributed by atoms with Gasteiger partial charge in [-0.1, -0.05) is 231 Å². The molecule has 8 heteroatoms. The molecule has 0 aromatic heterocycles. The number of hydrogen-bond acceptors (Lipinski definition) is 6. The molecule has 0 saturated heterocycles. The van der Waals surface area contributed by atoms with Crippen molar-refractivity contribution >= 4 is 17.9 Å². The highest BCUT2D eigenvalue weighted by atomic mass is 16.6. The van der Waals surface area contributed by atoms with Crippen LogP contribution in [0, 0.1) is 0 Å². The molecule has 376 valence electrons. The highest BCUT2D eigenvalue weighted by Crippen LogP contribution is 2.17. The van der Waals surface area contributed by atoms with Crippen LogP contribution in [0.15, 0.2) is 24.3 Å². The molecule has 0 aromatic carbocycles. The van der Waals surface area contributed by atoms with Crippen molar-refractivity contribution in [2.24, 2.45) is 0 Å². The first kappa shape index (κ1) is 61.8. The van der Waals surface area contributed by atoms with Crippen LogP contribution in [0.25, 0.3) is 0 Å². The molecule has 0 radical (unpaired) electrons. The molecule has 1 N–H and O–H groups in total. The number of carboxylic acids is 1. The maximum absolute atomic E-state index is 12.8. The Bertz CT molecular complexity index is 1100. The predicted octanol–water partition coefficient (Wildman–Crippen LogP) is 16.0. The minimum absolute atomic E-state index is 0.0476. The molecule has 0 rings (SSSR count). The summed E-state index contributed by atoms with van der Waals surface area (Å²) in [4.78, 5) is 37.2. The largest absolute Gasteiger partial charge is 0.477 e. The van der Waals surface area contributed by atoms with Gasteiger partial charge in [0.05, 0.1) is 34.4 Å². The first-order valence-electron chi connectivity index (χ1n) is 27.4. The van der Waals surface area contributed by atoms with Gasteiger partial charge in [0.1, 0.15) is 6.61 Å². The highest BCUT2D eigenvalue weighted by Gasteiger charge is 2.31. The number of ether oxygens (including phenoxy) is 3. The molecule has 0 aliphatic heterocycles. The van der Waals surface area contributed by atoms with Gasteiger partial charge in [-0.15, -0.1) is 0 Å². The lowest BCUT2D eigenvalue weighted by Gasteiger charge is -2.31. The van der Waals surface area contributed by atoms with Gasteiger partial charge in [-0.3, -0.25) is 9.59 Å². The van der Waals surface area contributed by atoms with E-state index in [0.717, 1.165) is 38.5 Å². The normalized spacial score (nSPS) is 13.0. The number of likely N-dealkylation sites (N-methyl/N-ethyl adjacent to an activating group) is 1. The zero-order valence-corrected chi connectivity index (χ0v) is 43.0. The van der Waals surface area contributed by atoms with Gasteiger partial charge in [-0.2, -0.15) is 0 Å². The van der Waals surface area contributed by atoms with Gasteiger partial charge in [0, 0.05) is 19.3 Å². The molecule has 0 heterocycles. The van der Waals surface area contributed by atoms with E-state index in [-0.39, 0.29) is 36.2 Å². The third-order valence-corrected chi connectivity index (χ3v) is 12.6. The molecule has 0 fully saturated rings. The fraction of sp³-hybridized carbons (Fsp3) is 0.875. The Morgan fingerprint density at radius 1 is 0.469 bits per heavy atom. The molecule has 0 amide bonds. The van der Waals surface area contributed by atoms with E-state index in [1.807, 2.05) is 21.1 Å². The Morgan fingerprint density at radius 2 is 0.812 bits per heavy atom. The lowest BCUT2D eigenvalue weighted by atomic mass is 10.0. The molecule has 0 spiro atoms. The van der Waals surface area contributed by atoms with E-state index in [1.54, 1.807) is 0 Å². The fourth-order valence-corrected chi connectivity index (χ4v) is 8.38. The highest BCUT2D eigenvalue weighted by molar-refractivity contribution is 5.72. The van der Waals surface area contributed by atoms with Crippen molar-refractivity contribution in [3.8, 4) is 0 Å². The summed E-state index contributed by atoms with van der Waals surface area (Å²) in [6, 6.07) is -0.613. The van der Waals surface area contributed by atoms with Crippen molar-refractivity contribution in [3.63, 3.8) is 0 Å². The van der Waals surface area contributed by atoms with Crippen molar-refractivity contribution in [2.45, 2.75) is 276 Å². The van der Waals surface area contributed by atoms with Gasteiger partial charge in [-0.25, -0.2) is 4.79 Å². The Hall–Kier alpha value is -2.19. The minimum Gasteiger partial charge on any atom is -0.477 e. The summed E-state index contributed by atoms with van der Waals surface area (Å²) in [5.74, 6) is -1.45. The van der Waals surface area contributed by atoms with E-state index in [2.05, 4.69) is 38.2 Å². The average Bonchev–Trinajstić information content (AvgIpc) is 3.26. The molecule has 8 nitrogen and oxygen atoms in total. The molecule has 0 aliphatic rings. The number of allylic oxidation sites excluding steroid dienone is 4. The van der Waals surface area contributed by atoms with Crippen molar-refractivity contribution in [1.29, 1.82) is 0 Å². The van der Waals surface area contributed by atoms with E-state index in [9.17, 15) is 19.5 Å². The van der Waals surface area contributed by atoms with Gasteiger partial charge in [0.2, 0.25) is 0 Å². The van der Waals surface area contributed by atoms with Crippen LogP contribution >= 0.6 is 0 Å². The van der Waals surface area contributed by atoms with Crippen LogP contribution in [0.2, 0.25) is 0 Å². The molecular formula is C56H106NO7+. The third kappa shape index (κ3) is 45.0. The van der Waals surface area contributed by atoms with Crippen LogP contribution in [0.1, 0.15) is 264 Å². The Morgan fingerprint density at radius 3 is 1.20 bits per heavy atom. The second-order valence-corrected chi connectivity index (χ2v) is 19.9. The zero-order chi connectivity index (χ0) is 47.0. The number of carbonyl (C=O) groups excluding carboxylic acids is 2. The number of rotatable bonds is 50. The number of unbranched alkanes of at least 4 members (excludes halogenated alkanes) is 33. The smallest absolute Gasteiger partial charge is 0.362 e. The van der Waals surface area contributed by atoms with Gasteiger partial charge < -0.3 is 23.8 Å². The number of esters is 2. The Balaban J connectivity index is 4.17. The van der Waals surface area contributed by atoms with E-state index >= 15 is 0 Å². The quantitative estimate of drug-likeness (QED) is 0.0281. The van der Waals surface area contributed by atoms with Gasteiger partial charge in [0.25, 0.3) is 0 Å². The molecule has 2 atom stereocenters. The standard InChI is InChI=1S/C56H105NO7/c1-6-8-10-12-14-16-18-20-22-24-26-27-29-31-33-35-37-39-41-43-45-47-55(59)64-52(50-62-49-48-53(56(60)61)57(3,4)5)51-63-54(58)46-44-42-40-38-36-34-32-30-28-25-23-21-19-17-15-13-11-9-7-2/h15,17,19,21,52-53H,6-14,16,18,20,22-51H2,1-5H3/p+1/b17-15+,21-19+. The van der Waals surface area contributed by atoms with Crippen molar-refractivity contribution < 1.29 is 38.2 Å². The van der Waals surface area contributed by atoms with Crippen molar-refractivity contribution in [1.82, 2.24) is 0 Å². The average molecular weight is 905 g/mol. The first-order chi connectivity index (χ1) is 31.1. The topological polar surface area (TPSA) is 99.1 Å². The van der Waals surface area contributed by atoms with E-state index in [0.29, 0.717) is 19.3 Å². The monoisotopic (exact) mass is 905 g/mol. The lowest BCUT2D eigenvalue weighted by Crippen LogP contribution is -2.50. The molecule has 0 aliphatic carbocycles. The Kier molecular flexibility index (Phi) is 45.7. The number of carboxylic acid groups (broad SMARTS) is 1. The number of hydrogen-bond donors (Lipinski definition) is 1. The number of quaternary nitrogens is 1. The van der Waals surface area contributed by atoms with Crippen LogP contribution < -0.4 is 0 Å². The molecular weight excluding hydrogens is 799 g/mol. The SMILES string of the molecule is CCCCC/C=C/C=C/CCCCCCCCCCCCC(=O)OCC(COCCC(C(=O)O)[N+](C)(C)C)OC(=O)CCCCCCCCCCCCCCCCCCCCCCC. The van der Waals surface area contributed by atoms with Crippen molar-refractivity contribution in [2.75, 3.05) is 41.0 Å². The second kappa shape index (κ2) is 47.3. The van der Waals surface area contributed by atoms with Gasteiger partial charge in [0.15, 0.2) is 12.1 Å². The summed E-state index contributed by atoms with van der Waals surface area (Å²) < 4.78 is 17.4. The van der Waals surface area contributed by atoms with Crippen LogP contribution in [-0.4, -0.2) is 80.6 Å². The molecule has 0 saturated carbocycles. The van der Waals surface area contributed by atoms with Crippen LogP contribution in [0.4, 0.5) is 0 Å². The summed E-state index contributed by atoms with van der Waals surface area (Å²) in [7, 11) is 5.55. The third-order valence-electron chi connectivity index (χ3n) is 12.6. The van der Waals surface area contributed by atoms with Crippen LogP contribution in [-0.2, 0) is 28.6 Å². The zero-order valence-electron chi connectivity index (χ0n) is 43.0.